The summed E-state index contributed by atoms with van der Waals surface area (Å²) in [6.07, 6.45) is 1.97. The van der Waals surface area contributed by atoms with Crippen LogP contribution >= 0.6 is 0 Å². The van der Waals surface area contributed by atoms with Crippen LogP contribution in [0.2, 0.25) is 0 Å². The fourth-order valence-electron chi connectivity index (χ4n) is 1.54. The summed E-state index contributed by atoms with van der Waals surface area (Å²) in [6, 6.07) is 6.33. The molecular weight excluding hydrogens is 188 g/mol. The molecule has 0 unspecified atom stereocenters. The van der Waals surface area contributed by atoms with Crippen LogP contribution in [-0.4, -0.2) is 25.7 Å². The molecule has 0 saturated carbocycles. The minimum absolute atomic E-state index is 0.837. The van der Waals surface area contributed by atoms with Crippen LogP contribution in [-0.2, 0) is 12.8 Å². The number of likely N-dealkylation sites (N-methyl/N-ethyl adjacent to an activating group) is 1. The van der Waals surface area contributed by atoms with Crippen LogP contribution in [0.4, 0.5) is 0 Å². The number of methoxy groups -OCH3 is 1. The molecule has 3 heteroatoms. The molecule has 0 aliphatic heterocycles. The van der Waals surface area contributed by atoms with Gasteiger partial charge in [0.05, 0.1) is 7.11 Å². The van der Waals surface area contributed by atoms with Crippen molar-refractivity contribution in [2.75, 3.05) is 20.7 Å². The highest BCUT2D eigenvalue weighted by Crippen LogP contribution is 2.20. The number of ether oxygens (including phenoxy) is 1. The Morgan fingerprint density at radius 2 is 2.13 bits per heavy atom. The first-order valence-corrected chi connectivity index (χ1v) is 5.29. The minimum Gasteiger partial charge on any atom is -0.496 e. The lowest BCUT2D eigenvalue weighted by molar-refractivity contribution is 0.349. The van der Waals surface area contributed by atoms with Crippen molar-refractivity contribution in [3.63, 3.8) is 0 Å². The number of benzene rings is 1. The van der Waals surface area contributed by atoms with Gasteiger partial charge < -0.3 is 4.74 Å². The van der Waals surface area contributed by atoms with Crippen molar-refractivity contribution in [1.29, 1.82) is 0 Å². The SMILES string of the molecule is CCc1ccc(OC)c(CCN(C)N)c1. The predicted molar refractivity (Wildman–Crippen MR) is 62.9 cm³/mol. The van der Waals surface area contributed by atoms with Crippen molar-refractivity contribution >= 4 is 0 Å². The highest BCUT2D eigenvalue weighted by atomic mass is 16.5. The van der Waals surface area contributed by atoms with E-state index in [2.05, 4.69) is 19.1 Å². The van der Waals surface area contributed by atoms with Gasteiger partial charge in [-0.05, 0) is 30.0 Å². The largest absolute Gasteiger partial charge is 0.496 e. The number of hydrazine groups is 1. The Morgan fingerprint density at radius 3 is 2.67 bits per heavy atom. The molecule has 0 amide bonds. The number of nitrogens with two attached hydrogens (primary N) is 1. The summed E-state index contributed by atoms with van der Waals surface area (Å²) < 4.78 is 5.32. The van der Waals surface area contributed by atoms with Gasteiger partial charge in [0.25, 0.3) is 0 Å². The van der Waals surface area contributed by atoms with Crippen LogP contribution in [0.5, 0.6) is 5.75 Å². The number of rotatable bonds is 5. The Morgan fingerprint density at radius 1 is 1.40 bits per heavy atom. The topological polar surface area (TPSA) is 38.5 Å². The molecule has 0 aliphatic rings. The van der Waals surface area contributed by atoms with Crippen molar-refractivity contribution in [3.05, 3.63) is 29.3 Å². The molecule has 0 aromatic heterocycles. The lowest BCUT2D eigenvalue weighted by Gasteiger charge is -2.13. The smallest absolute Gasteiger partial charge is 0.122 e. The molecule has 0 heterocycles. The Kier molecular flexibility index (Phi) is 4.59. The third-order valence-electron chi connectivity index (χ3n) is 2.49. The van der Waals surface area contributed by atoms with Crippen LogP contribution in [0.25, 0.3) is 0 Å². The first kappa shape index (κ1) is 12.0. The van der Waals surface area contributed by atoms with Gasteiger partial charge in [-0.1, -0.05) is 19.1 Å². The van der Waals surface area contributed by atoms with E-state index in [0.717, 1.165) is 25.1 Å². The summed E-state index contributed by atoms with van der Waals surface area (Å²) in [6.45, 7) is 2.99. The summed E-state index contributed by atoms with van der Waals surface area (Å²) in [5.74, 6) is 6.55. The van der Waals surface area contributed by atoms with E-state index in [4.69, 9.17) is 10.6 Å². The van der Waals surface area contributed by atoms with Gasteiger partial charge in [0.1, 0.15) is 5.75 Å². The van der Waals surface area contributed by atoms with Crippen molar-refractivity contribution in [2.45, 2.75) is 19.8 Å². The number of nitrogens with zero attached hydrogens (tertiary/aromatic N) is 1. The van der Waals surface area contributed by atoms with Crippen LogP contribution < -0.4 is 10.6 Å². The van der Waals surface area contributed by atoms with E-state index in [1.165, 1.54) is 11.1 Å². The average molecular weight is 208 g/mol. The monoisotopic (exact) mass is 208 g/mol. The molecule has 0 aliphatic carbocycles. The Labute approximate surface area is 91.8 Å². The first-order chi connectivity index (χ1) is 7.17. The standard InChI is InChI=1S/C12H20N2O/c1-4-10-5-6-12(15-3)11(9-10)7-8-14(2)13/h5-6,9H,4,7-8,13H2,1-3H3. The van der Waals surface area contributed by atoms with Crippen LogP contribution in [0.15, 0.2) is 18.2 Å². The van der Waals surface area contributed by atoms with Crippen molar-refractivity contribution in [2.24, 2.45) is 5.84 Å². The molecule has 0 fully saturated rings. The van der Waals surface area contributed by atoms with Crippen molar-refractivity contribution in [3.8, 4) is 5.75 Å². The van der Waals surface area contributed by atoms with Gasteiger partial charge in [0, 0.05) is 13.6 Å². The Bertz CT molecular complexity index is 310. The second-order valence-electron chi connectivity index (χ2n) is 3.73. The van der Waals surface area contributed by atoms with Gasteiger partial charge in [-0.15, -0.1) is 0 Å². The second-order valence-corrected chi connectivity index (χ2v) is 3.73. The lowest BCUT2D eigenvalue weighted by atomic mass is 10.1. The molecule has 15 heavy (non-hydrogen) atoms. The molecule has 0 atom stereocenters. The molecule has 2 N–H and O–H groups in total. The molecule has 0 radical (unpaired) electrons. The maximum Gasteiger partial charge on any atom is 0.122 e. The van der Waals surface area contributed by atoms with E-state index in [-0.39, 0.29) is 0 Å². The first-order valence-electron chi connectivity index (χ1n) is 5.29. The average Bonchev–Trinajstić information content (AvgIpc) is 2.25. The molecule has 1 aromatic carbocycles. The highest BCUT2D eigenvalue weighted by molar-refractivity contribution is 5.37. The van der Waals surface area contributed by atoms with Gasteiger partial charge in [0.15, 0.2) is 0 Å². The third-order valence-corrected chi connectivity index (χ3v) is 2.49. The highest BCUT2D eigenvalue weighted by Gasteiger charge is 2.04. The number of hydrogen-bond donors (Lipinski definition) is 1. The number of aryl methyl sites for hydroxylation is 1. The second kappa shape index (κ2) is 5.73. The molecule has 1 rings (SSSR count). The third kappa shape index (κ3) is 3.53. The summed E-state index contributed by atoms with van der Waals surface area (Å²) in [5, 5.41) is 1.69. The lowest BCUT2D eigenvalue weighted by Crippen LogP contribution is -2.28. The van der Waals surface area contributed by atoms with Crippen LogP contribution in [0.3, 0.4) is 0 Å². The fraction of sp³-hybridized carbons (Fsp3) is 0.500. The van der Waals surface area contributed by atoms with E-state index in [0.29, 0.717) is 0 Å². The van der Waals surface area contributed by atoms with Gasteiger partial charge in [-0.3, -0.25) is 5.84 Å². The van der Waals surface area contributed by atoms with Gasteiger partial charge >= 0.3 is 0 Å². The quantitative estimate of drug-likeness (QED) is 0.590. The molecule has 3 nitrogen and oxygen atoms in total. The summed E-state index contributed by atoms with van der Waals surface area (Å²) in [7, 11) is 3.58. The molecular formula is C12H20N2O. The predicted octanol–water partition coefficient (Wildman–Crippen LogP) is 1.61. The van der Waals surface area contributed by atoms with Crippen LogP contribution in [0, 0.1) is 0 Å². The van der Waals surface area contributed by atoms with E-state index < -0.39 is 0 Å². The zero-order valence-corrected chi connectivity index (χ0v) is 9.79. The van der Waals surface area contributed by atoms with Gasteiger partial charge in [0.2, 0.25) is 0 Å². The Hall–Kier alpha value is -1.06. The van der Waals surface area contributed by atoms with Crippen molar-refractivity contribution < 1.29 is 4.74 Å². The minimum atomic E-state index is 0.837. The summed E-state index contributed by atoms with van der Waals surface area (Å²) in [4.78, 5) is 0. The maximum absolute atomic E-state index is 5.59. The van der Waals surface area contributed by atoms with E-state index >= 15 is 0 Å². The van der Waals surface area contributed by atoms with E-state index in [9.17, 15) is 0 Å². The normalized spacial score (nSPS) is 10.7. The fourth-order valence-corrected chi connectivity index (χ4v) is 1.54. The van der Waals surface area contributed by atoms with Gasteiger partial charge in [-0.25, -0.2) is 5.01 Å². The van der Waals surface area contributed by atoms with Crippen molar-refractivity contribution in [1.82, 2.24) is 5.01 Å². The molecule has 0 bridgehead atoms. The Balaban J connectivity index is 2.81. The molecule has 84 valence electrons. The van der Waals surface area contributed by atoms with E-state index in [1.807, 2.05) is 13.1 Å². The summed E-state index contributed by atoms with van der Waals surface area (Å²) >= 11 is 0. The zero-order chi connectivity index (χ0) is 11.3. The maximum atomic E-state index is 5.59. The zero-order valence-electron chi connectivity index (χ0n) is 9.79. The molecule has 1 aromatic rings. The summed E-state index contributed by atoms with van der Waals surface area (Å²) in [5.41, 5.74) is 2.57. The van der Waals surface area contributed by atoms with E-state index in [1.54, 1.807) is 12.1 Å². The van der Waals surface area contributed by atoms with Gasteiger partial charge in [-0.2, -0.15) is 0 Å². The van der Waals surface area contributed by atoms with Crippen LogP contribution in [0.1, 0.15) is 18.1 Å². The molecule has 0 spiro atoms. The number of hydrogen-bond acceptors (Lipinski definition) is 3. The molecule has 0 saturated heterocycles.